The zero-order valence-electron chi connectivity index (χ0n) is 10.4. The summed E-state index contributed by atoms with van der Waals surface area (Å²) >= 11 is 0. The van der Waals surface area contributed by atoms with Crippen LogP contribution < -0.4 is 5.32 Å². The van der Waals surface area contributed by atoms with Crippen LogP contribution in [0.4, 0.5) is 4.79 Å². The number of likely N-dealkylation sites (tertiary alicyclic amines) is 1. The van der Waals surface area contributed by atoms with Crippen molar-refractivity contribution in [1.82, 2.24) is 10.2 Å². The summed E-state index contributed by atoms with van der Waals surface area (Å²) in [5.41, 5.74) is 0. The van der Waals surface area contributed by atoms with Crippen LogP contribution in [0, 0.1) is 5.92 Å². The van der Waals surface area contributed by atoms with Crippen LogP contribution in [0.5, 0.6) is 0 Å². The highest BCUT2D eigenvalue weighted by Crippen LogP contribution is 2.17. The molecule has 6 nitrogen and oxygen atoms in total. The summed E-state index contributed by atoms with van der Waals surface area (Å²) in [4.78, 5) is 24.5. The van der Waals surface area contributed by atoms with Crippen LogP contribution in [0.1, 0.15) is 25.7 Å². The molecule has 0 saturated carbocycles. The van der Waals surface area contributed by atoms with Gasteiger partial charge in [-0.2, -0.15) is 0 Å². The highest BCUT2D eigenvalue weighted by atomic mass is 16.5. The van der Waals surface area contributed by atoms with Crippen LogP contribution in [-0.2, 0) is 9.53 Å². The summed E-state index contributed by atoms with van der Waals surface area (Å²) in [5, 5.41) is 11.9. The van der Waals surface area contributed by atoms with Crippen molar-refractivity contribution in [1.29, 1.82) is 0 Å². The molecule has 2 saturated heterocycles. The number of aliphatic carboxylic acids is 1. The Morgan fingerprint density at radius 3 is 2.83 bits per heavy atom. The zero-order valence-corrected chi connectivity index (χ0v) is 10.4. The molecule has 0 radical (unpaired) electrons. The second kappa shape index (κ2) is 6.04. The smallest absolute Gasteiger partial charge is 0.326 e. The van der Waals surface area contributed by atoms with Gasteiger partial charge >= 0.3 is 12.0 Å². The van der Waals surface area contributed by atoms with E-state index >= 15 is 0 Å². The average molecular weight is 256 g/mol. The first kappa shape index (κ1) is 13.1. The van der Waals surface area contributed by atoms with E-state index in [0.717, 1.165) is 25.9 Å². The van der Waals surface area contributed by atoms with Gasteiger partial charge in [-0.05, 0) is 25.7 Å². The quantitative estimate of drug-likeness (QED) is 0.778. The number of carboxylic acid groups (broad SMARTS) is 1. The summed E-state index contributed by atoms with van der Waals surface area (Å²) in [6.45, 7) is 2.54. The van der Waals surface area contributed by atoms with Crippen LogP contribution in [0.3, 0.4) is 0 Å². The van der Waals surface area contributed by atoms with Gasteiger partial charge in [-0.3, -0.25) is 0 Å². The predicted molar refractivity (Wildman–Crippen MR) is 64.3 cm³/mol. The molecule has 2 atom stereocenters. The molecule has 18 heavy (non-hydrogen) atoms. The Morgan fingerprint density at radius 1 is 1.33 bits per heavy atom. The molecule has 2 unspecified atom stereocenters. The SMILES string of the molecule is O=C(O)C1CCCCN1C(=O)NCC1CCOC1. The molecule has 0 spiro atoms. The number of urea groups is 1. The molecular formula is C12H20N2O4. The van der Waals surface area contributed by atoms with Gasteiger partial charge in [-0.1, -0.05) is 0 Å². The summed E-state index contributed by atoms with van der Waals surface area (Å²) in [5.74, 6) is -0.545. The van der Waals surface area contributed by atoms with Crippen molar-refractivity contribution >= 4 is 12.0 Å². The van der Waals surface area contributed by atoms with Crippen LogP contribution in [0.25, 0.3) is 0 Å². The summed E-state index contributed by atoms with van der Waals surface area (Å²) in [7, 11) is 0. The molecule has 2 N–H and O–H groups in total. The fraction of sp³-hybridized carbons (Fsp3) is 0.833. The minimum Gasteiger partial charge on any atom is -0.480 e. The van der Waals surface area contributed by atoms with Gasteiger partial charge in [0.1, 0.15) is 6.04 Å². The van der Waals surface area contributed by atoms with E-state index in [-0.39, 0.29) is 6.03 Å². The number of carbonyl (C=O) groups excluding carboxylic acids is 1. The lowest BCUT2D eigenvalue weighted by Gasteiger charge is -2.33. The number of nitrogens with one attached hydrogen (secondary N) is 1. The molecule has 102 valence electrons. The minimum absolute atomic E-state index is 0.256. The average Bonchev–Trinajstić information content (AvgIpc) is 2.89. The van der Waals surface area contributed by atoms with Crippen molar-refractivity contribution < 1.29 is 19.4 Å². The molecule has 2 amide bonds. The second-order valence-corrected chi connectivity index (χ2v) is 4.96. The Balaban J connectivity index is 1.83. The van der Waals surface area contributed by atoms with Gasteiger partial charge in [0, 0.05) is 25.6 Å². The standard InChI is InChI=1S/C12H20N2O4/c15-11(16)10-3-1-2-5-14(10)12(17)13-7-9-4-6-18-8-9/h9-10H,1-8H2,(H,13,17)(H,15,16). The monoisotopic (exact) mass is 256 g/mol. The molecule has 0 aromatic rings. The van der Waals surface area contributed by atoms with Gasteiger partial charge in [0.2, 0.25) is 0 Å². The van der Waals surface area contributed by atoms with E-state index in [1.165, 1.54) is 4.90 Å². The molecule has 0 aromatic heterocycles. The third-order valence-electron chi connectivity index (χ3n) is 3.61. The van der Waals surface area contributed by atoms with Crippen LogP contribution in [0.15, 0.2) is 0 Å². The van der Waals surface area contributed by atoms with Crippen LogP contribution in [-0.4, -0.2) is 54.4 Å². The Hall–Kier alpha value is -1.30. The Labute approximate surface area is 106 Å². The Kier molecular flexibility index (Phi) is 4.41. The van der Waals surface area contributed by atoms with Gasteiger partial charge in [0.15, 0.2) is 0 Å². The maximum Gasteiger partial charge on any atom is 0.326 e. The number of piperidine rings is 1. The van der Waals surface area contributed by atoms with E-state index in [1.54, 1.807) is 0 Å². The molecule has 0 aliphatic carbocycles. The molecule has 2 aliphatic heterocycles. The molecule has 0 bridgehead atoms. The lowest BCUT2D eigenvalue weighted by atomic mass is 10.0. The molecule has 0 aromatic carbocycles. The number of ether oxygens (including phenoxy) is 1. The fourth-order valence-electron chi connectivity index (χ4n) is 2.51. The highest BCUT2D eigenvalue weighted by Gasteiger charge is 2.32. The molecule has 2 heterocycles. The normalized spacial score (nSPS) is 28.1. The molecule has 6 heteroatoms. The van der Waals surface area contributed by atoms with E-state index in [0.29, 0.717) is 32.0 Å². The molecular weight excluding hydrogens is 236 g/mol. The Morgan fingerprint density at radius 2 is 2.17 bits per heavy atom. The third-order valence-corrected chi connectivity index (χ3v) is 3.61. The lowest BCUT2D eigenvalue weighted by molar-refractivity contribution is -0.143. The van der Waals surface area contributed by atoms with E-state index in [1.807, 2.05) is 0 Å². The van der Waals surface area contributed by atoms with Gasteiger partial charge in [0.05, 0.1) is 6.61 Å². The number of carboxylic acids is 1. The summed E-state index contributed by atoms with van der Waals surface area (Å²) in [6, 6.07) is -0.924. The van der Waals surface area contributed by atoms with E-state index in [9.17, 15) is 9.59 Å². The van der Waals surface area contributed by atoms with E-state index in [2.05, 4.69) is 5.32 Å². The van der Waals surface area contributed by atoms with Gasteiger partial charge in [0.25, 0.3) is 0 Å². The van der Waals surface area contributed by atoms with Gasteiger partial charge in [-0.25, -0.2) is 9.59 Å². The van der Waals surface area contributed by atoms with Crippen molar-refractivity contribution in [2.75, 3.05) is 26.3 Å². The molecule has 2 rings (SSSR count). The molecule has 2 fully saturated rings. The first-order valence-corrected chi connectivity index (χ1v) is 6.53. The third kappa shape index (κ3) is 3.13. The first-order valence-electron chi connectivity index (χ1n) is 6.53. The number of amides is 2. The number of carbonyl (C=O) groups is 2. The maximum absolute atomic E-state index is 12.0. The van der Waals surface area contributed by atoms with Gasteiger partial charge in [-0.15, -0.1) is 0 Å². The van der Waals surface area contributed by atoms with Crippen LogP contribution in [0.2, 0.25) is 0 Å². The van der Waals surface area contributed by atoms with Gasteiger partial charge < -0.3 is 20.1 Å². The van der Waals surface area contributed by atoms with E-state index < -0.39 is 12.0 Å². The van der Waals surface area contributed by atoms with Crippen molar-refractivity contribution in [3.63, 3.8) is 0 Å². The van der Waals surface area contributed by atoms with E-state index in [4.69, 9.17) is 9.84 Å². The number of hydrogen-bond donors (Lipinski definition) is 2. The fourth-order valence-corrected chi connectivity index (χ4v) is 2.51. The summed E-state index contributed by atoms with van der Waals surface area (Å²) in [6.07, 6.45) is 3.26. The minimum atomic E-state index is -0.908. The number of hydrogen-bond acceptors (Lipinski definition) is 3. The number of nitrogens with zero attached hydrogens (tertiary/aromatic N) is 1. The predicted octanol–water partition coefficient (Wildman–Crippen LogP) is 0.672. The maximum atomic E-state index is 12.0. The van der Waals surface area contributed by atoms with Crippen molar-refractivity contribution in [3.8, 4) is 0 Å². The first-order chi connectivity index (χ1) is 8.68. The largest absolute Gasteiger partial charge is 0.480 e. The second-order valence-electron chi connectivity index (χ2n) is 4.96. The molecule has 2 aliphatic rings. The van der Waals surface area contributed by atoms with Crippen molar-refractivity contribution in [2.45, 2.75) is 31.7 Å². The summed E-state index contributed by atoms with van der Waals surface area (Å²) < 4.78 is 5.24. The van der Waals surface area contributed by atoms with Crippen molar-refractivity contribution in [2.24, 2.45) is 5.92 Å². The number of rotatable bonds is 3. The zero-order chi connectivity index (χ0) is 13.0. The van der Waals surface area contributed by atoms with Crippen LogP contribution >= 0.6 is 0 Å². The lowest BCUT2D eigenvalue weighted by Crippen LogP contribution is -2.52. The topological polar surface area (TPSA) is 78.9 Å². The van der Waals surface area contributed by atoms with Crippen molar-refractivity contribution in [3.05, 3.63) is 0 Å². The Bertz CT molecular complexity index is 315. The highest BCUT2D eigenvalue weighted by molar-refractivity contribution is 5.82.